The van der Waals surface area contributed by atoms with Crippen molar-refractivity contribution in [3.8, 4) is 0 Å². The highest BCUT2D eigenvalue weighted by atomic mass is 32.2. The number of ether oxygens (including phenoxy) is 1. The average molecular weight is 439 g/mol. The van der Waals surface area contributed by atoms with Crippen LogP contribution in [0.25, 0.3) is 0 Å². The number of unbranched alkanes of at least 4 members (excludes halogenated alkanes) is 3. The van der Waals surface area contributed by atoms with Gasteiger partial charge in [0.15, 0.2) is 5.75 Å². The molecule has 2 rings (SSSR count). The summed E-state index contributed by atoms with van der Waals surface area (Å²) in [7, 11) is -3.77. The number of nitrogens with zero attached hydrogens (tertiary/aromatic N) is 1. The maximum absolute atomic E-state index is 12.1. The summed E-state index contributed by atoms with van der Waals surface area (Å²) in [5.41, 5.74) is 1.77. The van der Waals surface area contributed by atoms with E-state index in [2.05, 4.69) is 30.4 Å². The topological polar surface area (TPSA) is 75.7 Å². The molecule has 1 aliphatic heterocycles. The number of hydrogen-bond donors (Lipinski definition) is 1. The minimum Gasteiger partial charge on any atom is -0.465 e. The average Bonchev–Trinajstić information content (AvgIpc) is 2.68. The number of rotatable bonds is 11. The van der Waals surface area contributed by atoms with Crippen LogP contribution < -0.4 is 4.72 Å². The molecule has 1 aromatic rings. The second kappa shape index (κ2) is 11.1. The van der Waals surface area contributed by atoms with Crippen LogP contribution in [0.2, 0.25) is 0 Å². The van der Waals surface area contributed by atoms with E-state index in [4.69, 9.17) is 4.74 Å². The van der Waals surface area contributed by atoms with Gasteiger partial charge >= 0.3 is 5.97 Å². The van der Waals surface area contributed by atoms with Crippen LogP contribution in [0.1, 0.15) is 65.4 Å². The fourth-order valence-electron chi connectivity index (χ4n) is 4.20. The Hall–Kier alpha value is -1.60. The molecule has 0 aliphatic carbocycles. The minimum atomic E-state index is -3.77. The Bertz CT molecular complexity index is 779. The fraction of sp³-hybridized carbons (Fsp3) is 0.696. The molecule has 170 valence electrons. The van der Waals surface area contributed by atoms with E-state index in [1.165, 1.54) is 37.8 Å². The van der Waals surface area contributed by atoms with Crippen molar-refractivity contribution in [1.82, 2.24) is 4.90 Å². The third-order valence-electron chi connectivity index (χ3n) is 6.33. The van der Waals surface area contributed by atoms with Crippen molar-refractivity contribution in [1.29, 1.82) is 0 Å². The largest absolute Gasteiger partial charge is 0.465 e. The van der Waals surface area contributed by atoms with E-state index in [9.17, 15) is 13.2 Å². The van der Waals surface area contributed by atoms with E-state index in [0.29, 0.717) is 11.6 Å². The predicted molar refractivity (Wildman–Crippen MR) is 122 cm³/mol. The maximum Gasteiger partial charge on any atom is 0.323 e. The van der Waals surface area contributed by atoms with Crippen molar-refractivity contribution in [3.63, 3.8) is 0 Å². The van der Waals surface area contributed by atoms with Crippen LogP contribution in [0.3, 0.4) is 0 Å². The lowest BCUT2D eigenvalue weighted by Crippen LogP contribution is -2.47. The molecule has 1 aliphatic rings. The molecule has 0 bridgehead atoms. The molecule has 0 radical (unpaired) electrons. The lowest BCUT2D eigenvalue weighted by Gasteiger charge is -2.45. The van der Waals surface area contributed by atoms with Gasteiger partial charge in [-0.05, 0) is 61.9 Å². The zero-order valence-corrected chi connectivity index (χ0v) is 19.8. The van der Waals surface area contributed by atoms with Gasteiger partial charge in [-0.15, -0.1) is 0 Å². The smallest absolute Gasteiger partial charge is 0.323 e. The zero-order valence-electron chi connectivity index (χ0n) is 18.9. The standard InChI is InChI=1S/C23H38N2O4S/c1-5-7-8-9-15-25-16-14-23(4,19(3)17-25)20-10-12-21(13-11-20)24-30(27,28)18-22(26)29-6-2/h10-13,19,24H,5-9,14-18H2,1-4H3. The second-order valence-electron chi connectivity index (χ2n) is 8.67. The number of carbonyl (C=O) groups excluding carboxylic acids is 1. The normalized spacial score (nSPS) is 22.6. The molecule has 0 aromatic heterocycles. The van der Waals surface area contributed by atoms with Crippen LogP contribution in [-0.4, -0.2) is 51.3 Å². The van der Waals surface area contributed by atoms with Gasteiger partial charge in [0.25, 0.3) is 0 Å². The van der Waals surface area contributed by atoms with Crippen molar-refractivity contribution in [2.24, 2.45) is 5.92 Å². The first-order valence-corrected chi connectivity index (χ1v) is 12.8. The van der Waals surface area contributed by atoms with Gasteiger partial charge in [-0.25, -0.2) is 8.42 Å². The highest BCUT2D eigenvalue weighted by molar-refractivity contribution is 7.93. The SMILES string of the molecule is CCCCCCN1CCC(C)(c2ccc(NS(=O)(=O)CC(=O)OCC)cc2)C(C)C1. The fourth-order valence-corrected chi connectivity index (χ4v) is 5.16. The quantitative estimate of drug-likeness (QED) is 0.414. The first-order chi connectivity index (χ1) is 14.2. The van der Waals surface area contributed by atoms with Crippen LogP contribution in [-0.2, 0) is 25.0 Å². The molecule has 0 amide bonds. The van der Waals surface area contributed by atoms with Crippen LogP contribution in [0, 0.1) is 5.92 Å². The maximum atomic E-state index is 12.1. The molecular formula is C23H38N2O4S. The van der Waals surface area contributed by atoms with Crippen LogP contribution >= 0.6 is 0 Å². The molecule has 1 N–H and O–H groups in total. The number of esters is 1. The highest BCUT2D eigenvalue weighted by Gasteiger charge is 2.37. The lowest BCUT2D eigenvalue weighted by molar-refractivity contribution is -0.139. The number of hydrogen-bond acceptors (Lipinski definition) is 5. The lowest BCUT2D eigenvalue weighted by atomic mass is 9.68. The van der Waals surface area contributed by atoms with Crippen molar-refractivity contribution in [2.75, 3.05) is 36.7 Å². The van der Waals surface area contributed by atoms with Gasteiger partial charge in [-0.1, -0.05) is 52.2 Å². The third kappa shape index (κ3) is 6.98. The molecule has 1 saturated heterocycles. The molecule has 1 fully saturated rings. The van der Waals surface area contributed by atoms with E-state index in [1.807, 2.05) is 12.1 Å². The summed E-state index contributed by atoms with van der Waals surface area (Å²) in [6.45, 7) is 12.1. The van der Waals surface area contributed by atoms with Gasteiger partial charge in [-0.3, -0.25) is 9.52 Å². The number of sulfonamides is 1. The summed E-state index contributed by atoms with van der Waals surface area (Å²) in [4.78, 5) is 14.1. The Morgan fingerprint density at radius 1 is 1.20 bits per heavy atom. The Kier molecular flexibility index (Phi) is 9.16. The van der Waals surface area contributed by atoms with Crippen molar-refractivity contribution >= 4 is 21.7 Å². The van der Waals surface area contributed by atoms with Gasteiger partial charge in [-0.2, -0.15) is 0 Å². The molecule has 2 unspecified atom stereocenters. The molecular weight excluding hydrogens is 400 g/mol. The van der Waals surface area contributed by atoms with Crippen molar-refractivity contribution in [2.45, 2.75) is 65.2 Å². The highest BCUT2D eigenvalue weighted by Crippen LogP contribution is 2.39. The van der Waals surface area contributed by atoms with E-state index in [-0.39, 0.29) is 12.0 Å². The summed E-state index contributed by atoms with van der Waals surface area (Å²) in [6.07, 6.45) is 6.26. The number of likely N-dealkylation sites (tertiary alicyclic amines) is 1. The van der Waals surface area contributed by atoms with Crippen molar-refractivity contribution < 1.29 is 17.9 Å². The first-order valence-electron chi connectivity index (χ1n) is 11.2. The molecule has 30 heavy (non-hydrogen) atoms. The van der Waals surface area contributed by atoms with E-state index < -0.39 is 21.7 Å². The second-order valence-corrected chi connectivity index (χ2v) is 10.4. The number of carbonyl (C=O) groups is 1. The summed E-state index contributed by atoms with van der Waals surface area (Å²) in [5, 5.41) is 0. The summed E-state index contributed by atoms with van der Waals surface area (Å²) in [5.74, 6) is -0.904. The summed E-state index contributed by atoms with van der Waals surface area (Å²) in [6, 6.07) is 7.59. The van der Waals surface area contributed by atoms with E-state index in [1.54, 1.807) is 19.1 Å². The molecule has 1 heterocycles. The number of nitrogens with one attached hydrogen (secondary N) is 1. The molecule has 0 saturated carbocycles. The molecule has 7 heteroatoms. The van der Waals surface area contributed by atoms with Gasteiger partial charge in [0.2, 0.25) is 10.0 Å². The van der Waals surface area contributed by atoms with E-state index >= 15 is 0 Å². The van der Waals surface area contributed by atoms with Gasteiger partial charge in [0, 0.05) is 12.2 Å². The summed E-state index contributed by atoms with van der Waals surface area (Å²) >= 11 is 0. The molecule has 1 aromatic carbocycles. The Morgan fingerprint density at radius 3 is 2.50 bits per heavy atom. The molecule has 0 spiro atoms. The Morgan fingerprint density at radius 2 is 1.90 bits per heavy atom. The van der Waals surface area contributed by atoms with Gasteiger partial charge in [0.05, 0.1) is 6.61 Å². The Labute approximate surface area is 182 Å². The number of anilines is 1. The third-order valence-corrected chi connectivity index (χ3v) is 7.49. The zero-order chi connectivity index (χ0) is 22.2. The monoisotopic (exact) mass is 438 g/mol. The number of piperidine rings is 1. The van der Waals surface area contributed by atoms with E-state index in [0.717, 1.165) is 19.5 Å². The van der Waals surface area contributed by atoms with Crippen LogP contribution in [0.4, 0.5) is 5.69 Å². The predicted octanol–water partition coefficient (Wildman–Crippen LogP) is 4.17. The van der Waals surface area contributed by atoms with Gasteiger partial charge < -0.3 is 9.64 Å². The van der Waals surface area contributed by atoms with Gasteiger partial charge in [0.1, 0.15) is 0 Å². The Balaban J connectivity index is 1.96. The molecule has 2 atom stereocenters. The summed E-state index contributed by atoms with van der Waals surface area (Å²) < 4.78 is 31.5. The minimum absolute atomic E-state index is 0.0717. The van der Waals surface area contributed by atoms with Crippen LogP contribution in [0.15, 0.2) is 24.3 Å². The first kappa shape index (κ1) is 24.7. The van der Waals surface area contributed by atoms with Crippen LogP contribution in [0.5, 0.6) is 0 Å². The van der Waals surface area contributed by atoms with Crippen molar-refractivity contribution in [3.05, 3.63) is 29.8 Å². The molecule has 6 nitrogen and oxygen atoms in total. The number of benzene rings is 1.